The Morgan fingerprint density at radius 2 is 2.25 bits per heavy atom. The molecule has 5 heteroatoms. The predicted molar refractivity (Wildman–Crippen MR) is 67.4 cm³/mol. The highest BCUT2D eigenvalue weighted by atomic mass is 32.2. The van der Waals surface area contributed by atoms with Gasteiger partial charge in [-0.1, -0.05) is 0 Å². The van der Waals surface area contributed by atoms with Crippen molar-refractivity contribution in [2.24, 2.45) is 0 Å². The van der Waals surface area contributed by atoms with Crippen LogP contribution in [-0.2, 0) is 4.74 Å². The van der Waals surface area contributed by atoms with Crippen LogP contribution in [0.2, 0.25) is 0 Å². The average molecular weight is 260 g/mol. The van der Waals surface area contributed by atoms with Crippen LogP contribution < -0.4 is 0 Å². The van der Waals surface area contributed by atoms with Gasteiger partial charge in [0.1, 0.15) is 4.88 Å². The third-order valence-corrected chi connectivity index (χ3v) is 4.65. The molecule has 0 aliphatic heterocycles. The number of aliphatic hydroxyl groups excluding tert-OH is 1. The third kappa shape index (κ3) is 2.59. The molecule has 1 rings (SSSR count). The fourth-order valence-corrected chi connectivity index (χ4v) is 3.68. The van der Waals surface area contributed by atoms with E-state index in [1.165, 1.54) is 11.3 Å². The van der Waals surface area contributed by atoms with Crippen LogP contribution in [0.4, 0.5) is 0 Å². The lowest BCUT2D eigenvalue weighted by Crippen LogP contribution is -2.04. The van der Waals surface area contributed by atoms with Gasteiger partial charge in [0.15, 0.2) is 0 Å². The molecule has 90 valence electrons. The average Bonchev–Trinajstić information content (AvgIpc) is 2.55. The van der Waals surface area contributed by atoms with Gasteiger partial charge in [0, 0.05) is 5.56 Å². The maximum Gasteiger partial charge on any atom is 0.348 e. The van der Waals surface area contributed by atoms with Gasteiger partial charge in [-0.05, 0) is 32.6 Å². The van der Waals surface area contributed by atoms with Crippen molar-refractivity contribution in [3.63, 3.8) is 0 Å². The van der Waals surface area contributed by atoms with Crippen molar-refractivity contribution in [1.29, 1.82) is 0 Å². The van der Waals surface area contributed by atoms with E-state index >= 15 is 0 Å². The minimum Gasteiger partial charge on any atom is -0.462 e. The zero-order chi connectivity index (χ0) is 12.3. The minimum absolute atomic E-state index is 0.299. The SMILES string of the molecule is CCOC(=O)c1sc(SC)c(C(C)O)c1C. The van der Waals surface area contributed by atoms with Crippen LogP contribution in [0, 0.1) is 6.92 Å². The van der Waals surface area contributed by atoms with Crippen LogP contribution in [0.5, 0.6) is 0 Å². The van der Waals surface area contributed by atoms with Crippen LogP contribution in [0.25, 0.3) is 0 Å². The lowest BCUT2D eigenvalue weighted by molar-refractivity contribution is 0.0531. The van der Waals surface area contributed by atoms with Crippen molar-refractivity contribution in [3.05, 3.63) is 16.0 Å². The largest absolute Gasteiger partial charge is 0.462 e. The quantitative estimate of drug-likeness (QED) is 0.668. The molecule has 3 nitrogen and oxygen atoms in total. The Hall–Kier alpha value is -0.520. The summed E-state index contributed by atoms with van der Waals surface area (Å²) in [6, 6.07) is 0. The first-order chi connectivity index (χ1) is 7.52. The summed E-state index contributed by atoms with van der Waals surface area (Å²) in [7, 11) is 0. The molecule has 0 saturated heterocycles. The molecule has 1 aromatic heterocycles. The van der Waals surface area contributed by atoms with Gasteiger partial charge >= 0.3 is 5.97 Å². The molecule has 0 aromatic carbocycles. The lowest BCUT2D eigenvalue weighted by atomic mass is 10.1. The summed E-state index contributed by atoms with van der Waals surface area (Å²) in [6.07, 6.45) is 1.38. The Bertz CT molecular complexity index is 383. The van der Waals surface area contributed by atoms with Gasteiger partial charge in [-0.2, -0.15) is 0 Å². The molecule has 0 saturated carbocycles. The number of hydrogen-bond acceptors (Lipinski definition) is 5. The fraction of sp³-hybridized carbons (Fsp3) is 0.545. The fourth-order valence-electron chi connectivity index (χ4n) is 1.53. The monoisotopic (exact) mass is 260 g/mol. The van der Waals surface area contributed by atoms with Gasteiger partial charge in [0.2, 0.25) is 0 Å². The number of thiophene rings is 1. The van der Waals surface area contributed by atoms with Crippen molar-refractivity contribution in [2.75, 3.05) is 12.9 Å². The highest BCUT2D eigenvalue weighted by Gasteiger charge is 2.22. The number of hydrogen-bond donors (Lipinski definition) is 1. The van der Waals surface area contributed by atoms with Crippen molar-refractivity contribution >= 4 is 29.1 Å². The molecule has 0 aliphatic carbocycles. The van der Waals surface area contributed by atoms with Crippen molar-refractivity contribution in [3.8, 4) is 0 Å². The molecule has 0 spiro atoms. The van der Waals surface area contributed by atoms with Gasteiger partial charge in [0.05, 0.1) is 16.9 Å². The van der Waals surface area contributed by atoms with Crippen LogP contribution >= 0.6 is 23.1 Å². The van der Waals surface area contributed by atoms with Gasteiger partial charge in [-0.15, -0.1) is 23.1 Å². The molecule has 0 aliphatic rings. The number of carbonyl (C=O) groups excluding carboxylic acids is 1. The second-order valence-corrected chi connectivity index (χ2v) is 5.45. The highest BCUT2D eigenvalue weighted by Crippen LogP contribution is 2.38. The molecule has 1 N–H and O–H groups in total. The summed E-state index contributed by atoms with van der Waals surface area (Å²) in [5.74, 6) is -0.299. The summed E-state index contributed by atoms with van der Waals surface area (Å²) in [6.45, 7) is 5.72. The lowest BCUT2D eigenvalue weighted by Gasteiger charge is -2.06. The van der Waals surface area contributed by atoms with E-state index in [0.717, 1.165) is 15.3 Å². The van der Waals surface area contributed by atoms with Crippen molar-refractivity contribution < 1.29 is 14.6 Å². The topological polar surface area (TPSA) is 46.5 Å². The predicted octanol–water partition coefficient (Wildman–Crippen LogP) is 3.01. The molecule has 16 heavy (non-hydrogen) atoms. The zero-order valence-corrected chi connectivity index (χ0v) is 11.5. The second kappa shape index (κ2) is 5.70. The van der Waals surface area contributed by atoms with E-state index in [9.17, 15) is 9.90 Å². The normalized spacial score (nSPS) is 12.6. The molecule has 1 atom stereocenters. The molecular weight excluding hydrogens is 244 g/mol. The van der Waals surface area contributed by atoms with Crippen LogP contribution in [-0.4, -0.2) is 23.9 Å². The van der Waals surface area contributed by atoms with Crippen molar-refractivity contribution in [1.82, 2.24) is 0 Å². The smallest absolute Gasteiger partial charge is 0.348 e. The summed E-state index contributed by atoms with van der Waals surface area (Å²) >= 11 is 2.94. The third-order valence-electron chi connectivity index (χ3n) is 2.22. The summed E-state index contributed by atoms with van der Waals surface area (Å²) < 4.78 is 5.96. The van der Waals surface area contributed by atoms with E-state index in [-0.39, 0.29) is 5.97 Å². The molecule has 1 aromatic rings. The van der Waals surface area contributed by atoms with E-state index in [1.54, 1.807) is 25.6 Å². The Labute approximate surface area is 104 Å². The van der Waals surface area contributed by atoms with Crippen LogP contribution in [0.3, 0.4) is 0 Å². The van der Waals surface area contributed by atoms with Gasteiger partial charge in [-0.3, -0.25) is 0 Å². The van der Waals surface area contributed by atoms with Gasteiger partial charge in [0.25, 0.3) is 0 Å². The number of aliphatic hydroxyl groups is 1. The van der Waals surface area contributed by atoms with E-state index < -0.39 is 6.10 Å². The summed E-state index contributed by atoms with van der Waals surface area (Å²) in [5.41, 5.74) is 1.68. The number of esters is 1. The molecule has 1 unspecified atom stereocenters. The number of thioether (sulfide) groups is 1. The molecule has 0 fully saturated rings. The second-order valence-electron chi connectivity index (χ2n) is 3.36. The van der Waals surface area contributed by atoms with E-state index in [4.69, 9.17) is 4.74 Å². The first-order valence-electron chi connectivity index (χ1n) is 5.05. The minimum atomic E-state index is -0.554. The van der Waals surface area contributed by atoms with Gasteiger partial charge < -0.3 is 9.84 Å². The van der Waals surface area contributed by atoms with E-state index in [1.807, 2.05) is 13.2 Å². The molecule has 1 heterocycles. The van der Waals surface area contributed by atoms with E-state index in [0.29, 0.717) is 11.5 Å². The zero-order valence-electron chi connectivity index (χ0n) is 9.86. The van der Waals surface area contributed by atoms with Crippen molar-refractivity contribution in [2.45, 2.75) is 31.1 Å². The first kappa shape index (κ1) is 13.5. The first-order valence-corrected chi connectivity index (χ1v) is 7.09. The molecule has 0 radical (unpaired) electrons. The summed E-state index contributed by atoms with van der Waals surface area (Å²) in [4.78, 5) is 12.3. The van der Waals surface area contributed by atoms with Crippen LogP contribution in [0.15, 0.2) is 4.21 Å². The number of ether oxygens (including phenoxy) is 1. The van der Waals surface area contributed by atoms with Crippen LogP contribution in [0.1, 0.15) is 40.8 Å². The Balaban J connectivity index is 3.17. The number of carbonyl (C=O) groups is 1. The molecule has 0 bridgehead atoms. The van der Waals surface area contributed by atoms with Gasteiger partial charge in [-0.25, -0.2) is 4.79 Å². The Morgan fingerprint density at radius 3 is 2.62 bits per heavy atom. The molecular formula is C11H16O3S2. The summed E-state index contributed by atoms with van der Waals surface area (Å²) in [5, 5.41) is 9.68. The number of rotatable bonds is 4. The maximum absolute atomic E-state index is 11.7. The Morgan fingerprint density at radius 1 is 1.62 bits per heavy atom. The van der Waals surface area contributed by atoms with E-state index in [2.05, 4.69) is 0 Å². The highest BCUT2D eigenvalue weighted by molar-refractivity contribution is 8.00. The maximum atomic E-state index is 11.7. The standard InChI is InChI=1S/C11H16O3S2/c1-5-14-10(13)9-6(2)8(7(3)12)11(15-4)16-9/h7,12H,5H2,1-4H3. The molecule has 0 amide bonds. The Kier molecular flexibility index (Phi) is 4.83.